The van der Waals surface area contributed by atoms with Crippen LogP contribution in [0.1, 0.15) is 20.8 Å². The van der Waals surface area contributed by atoms with Crippen molar-refractivity contribution in [1.82, 2.24) is 14.9 Å². The summed E-state index contributed by atoms with van der Waals surface area (Å²) in [5, 5.41) is 11.9. The van der Waals surface area contributed by atoms with Crippen LogP contribution in [0.5, 0.6) is 0 Å². The molecule has 6 heteroatoms. The van der Waals surface area contributed by atoms with Crippen molar-refractivity contribution in [1.29, 1.82) is 0 Å². The Balaban J connectivity index is 1.47. The summed E-state index contributed by atoms with van der Waals surface area (Å²) in [4.78, 5) is 24.4. The van der Waals surface area contributed by atoms with Gasteiger partial charge in [-0.3, -0.25) is 0 Å². The van der Waals surface area contributed by atoms with Crippen LogP contribution in [0.15, 0.2) is 54.7 Å². The number of anilines is 1. The van der Waals surface area contributed by atoms with Crippen LogP contribution in [-0.4, -0.2) is 51.2 Å². The largest absolute Gasteiger partial charge is 0.465 e. The number of amides is 1. The average molecular weight is 390 g/mol. The molecular weight excluding hydrogens is 364 g/mol. The number of hydrogen-bond acceptors (Lipinski definition) is 4. The maximum atomic E-state index is 11.6. The molecule has 1 aromatic heterocycles. The van der Waals surface area contributed by atoms with Gasteiger partial charge in [-0.25, -0.2) is 14.8 Å². The van der Waals surface area contributed by atoms with Crippen LogP contribution < -0.4 is 4.90 Å². The standard InChI is InChI=1S/C23H26N4O2/c1-23(2,3)27(22(28)29)15-16-13-26(14-16)21-24-11-10-20(25-21)19-9-8-17-6-4-5-7-18(17)12-19/h4-12,16H,13-15H2,1-3H3,(H,28,29). The fourth-order valence-electron chi connectivity index (χ4n) is 3.76. The second-order valence-corrected chi connectivity index (χ2v) is 8.64. The second kappa shape index (κ2) is 7.35. The van der Waals surface area contributed by atoms with Gasteiger partial charge in [-0.1, -0.05) is 36.4 Å². The Hall–Kier alpha value is -3.15. The number of rotatable bonds is 4. The van der Waals surface area contributed by atoms with Crippen molar-refractivity contribution in [3.05, 3.63) is 54.7 Å². The molecule has 2 aromatic carbocycles. The third kappa shape index (κ3) is 4.01. The van der Waals surface area contributed by atoms with Gasteiger partial charge in [0.25, 0.3) is 0 Å². The van der Waals surface area contributed by atoms with E-state index in [0.717, 1.165) is 24.3 Å². The van der Waals surface area contributed by atoms with Crippen molar-refractivity contribution >= 4 is 22.8 Å². The summed E-state index contributed by atoms with van der Waals surface area (Å²) < 4.78 is 0. The Labute approximate surface area is 170 Å². The van der Waals surface area contributed by atoms with E-state index in [1.54, 1.807) is 6.20 Å². The molecule has 0 unspecified atom stereocenters. The first kappa shape index (κ1) is 19.2. The maximum Gasteiger partial charge on any atom is 0.407 e. The molecular formula is C23H26N4O2. The lowest BCUT2D eigenvalue weighted by Crippen LogP contribution is -2.56. The average Bonchev–Trinajstić information content (AvgIpc) is 2.65. The Bertz CT molecular complexity index is 1040. The molecule has 0 radical (unpaired) electrons. The minimum atomic E-state index is -0.870. The van der Waals surface area contributed by atoms with Gasteiger partial charge in [0.15, 0.2) is 0 Å². The van der Waals surface area contributed by atoms with Crippen molar-refractivity contribution < 1.29 is 9.90 Å². The first-order valence-electron chi connectivity index (χ1n) is 9.89. The van der Waals surface area contributed by atoms with Gasteiger partial charge >= 0.3 is 6.09 Å². The first-order chi connectivity index (χ1) is 13.8. The summed E-state index contributed by atoms with van der Waals surface area (Å²) in [5.74, 6) is 0.989. The molecule has 1 fully saturated rings. The lowest BCUT2D eigenvalue weighted by atomic mass is 9.97. The molecule has 4 rings (SSSR count). The number of benzene rings is 2. The number of aromatic nitrogens is 2. The molecule has 1 aliphatic rings. The highest BCUT2D eigenvalue weighted by atomic mass is 16.4. The Morgan fingerprint density at radius 1 is 1.14 bits per heavy atom. The van der Waals surface area contributed by atoms with Crippen molar-refractivity contribution in [3.8, 4) is 11.3 Å². The zero-order valence-electron chi connectivity index (χ0n) is 17.0. The van der Waals surface area contributed by atoms with Crippen molar-refractivity contribution in [3.63, 3.8) is 0 Å². The lowest BCUT2D eigenvalue weighted by Gasteiger charge is -2.44. The van der Waals surface area contributed by atoms with Crippen LogP contribution in [-0.2, 0) is 0 Å². The van der Waals surface area contributed by atoms with Gasteiger partial charge < -0.3 is 14.9 Å². The molecule has 1 N–H and O–H groups in total. The molecule has 3 aromatic rings. The van der Waals surface area contributed by atoms with E-state index in [1.807, 2.05) is 39.0 Å². The molecule has 0 atom stereocenters. The quantitative estimate of drug-likeness (QED) is 0.710. The number of carboxylic acid groups (broad SMARTS) is 1. The Morgan fingerprint density at radius 2 is 1.86 bits per heavy atom. The maximum absolute atomic E-state index is 11.6. The van der Waals surface area contributed by atoms with E-state index in [4.69, 9.17) is 4.98 Å². The van der Waals surface area contributed by atoms with E-state index >= 15 is 0 Å². The summed E-state index contributed by atoms with van der Waals surface area (Å²) in [6.07, 6.45) is 0.921. The lowest BCUT2D eigenvalue weighted by molar-refractivity contribution is 0.0845. The predicted molar refractivity (Wildman–Crippen MR) is 115 cm³/mol. The normalized spacial score (nSPS) is 14.7. The number of hydrogen-bond donors (Lipinski definition) is 1. The molecule has 1 saturated heterocycles. The van der Waals surface area contributed by atoms with Gasteiger partial charge in [-0.15, -0.1) is 0 Å². The van der Waals surface area contributed by atoms with Gasteiger partial charge in [0, 0.05) is 42.9 Å². The summed E-state index contributed by atoms with van der Waals surface area (Å²) >= 11 is 0. The van der Waals surface area contributed by atoms with E-state index in [-0.39, 0.29) is 0 Å². The van der Waals surface area contributed by atoms with Crippen molar-refractivity contribution in [2.75, 3.05) is 24.5 Å². The zero-order chi connectivity index (χ0) is 20.6. The minimum Gasteiger partial charge on any atom is -0.465 e. The molecule has 0 aliphatic carbocycles. The van der Waals surface area contributed by atoms with E-state index in [1.165, 1.54) is 15.7 Å². The van der Waals surface area contributed by atoms with E-state index < -0.39 is 11.6 Å². The molecule has 6 nitrogen and oxygen atoms in total. The highest BCUT2D eigenvalue weighted by molar-refractivity contribution is 5.86. The van der Waals surface area contributed by atoms with Gasteiger partial charge in [0.1, 0.15) is 0 Å². The monoisotopic (exact) mass is 390 g/mol. The molecule has 2 heterocycles. The minimum absolute atomic E-state index is 0.290. The van der Waals surface area contributed by atoms with Crippen LogP contribution in [0.4, 0.5) is 10.7 Å². The molecule has 150 valence electrons. The smallest absolute Gasteiger partial charge is 0.407 e. The number of fused-ring (bicyclic) bond motifs is 1. The Kier molecular flexibility index (Phi) is 4.86. The zero-order valence-corrected chi connectivity index (χ0v) is 17.0. The summed E-state index contributed by atoms with van der Waals surface area (Å²) in [5.41, 5.74) is 1.55. The van der Waals surface area contributed by atoms with Gasteiger partial charge in [0.05, 0.1) is 5.69 Å². The molecule has 1 aliphatic heterocycles. The van der Waals surface area contributed by atoms with E-state index in [9.17, 15) is 9.90 Å². The third-order valence-electron chi connectivity index (χ3n) is 5.41. The molecule has 0 saturated carbocycles. The van der Waals surface area contributed by atoms with Gasteiger partial charge in [-0.05, 0) is 43.7 Å². The molecule has 1 amide bonds. The topological polar surface area (TPSA) is 69.6 Å². The molecule has 0 spiro atoms. The van der Waals surface area contributed by atoms with Crippen molar-refractivity contribution in [2.24, 2.45) is 5.92 Å². The molecule has 0 bridgehead atoms. The fraction of sp³-hybridized carbons (Fsp3) is 0.348. The summed E-state index contributed by atoms with van der Waals surface area (Å²) in [7, 11) is 0. The van der Waals surface area contributed by atoms with Gasteiger partial charge in [0.2, 0.25) is 5.95 Å². The highest BCUT2D eigenvalue weighted by Gasteiger charge is 2.35. The summed E-state index contributed by atoms with van der Waals surface area (Å²) in [6.45, 7) is 7.83. The van der Waals surface area contributed by atoms with Crippen molar-refractivity contribution in [2.45, 2.75) is 26.3 Å². The predicted octanol–water partition coefficient (Wildman–Crippen LogP) is 4.51. The SMILES string of the molecule is CC(C)(C)N(CC1CN(c2nccc(-c3ccc4ccccc4c3)n2)C1)C(=O)O. The number of nitrogens with zero attached hydrogens (tertiary/aromatic N) is 4. The van der Waals surface area contributed by atoms with E-state index in [0.29, 0.717) is 18.4 Å². The van der Waals surface area contributed by atoms with Crippen LogP contribution in [0.25, 0.3) is 22.0 Å². The van der Waals surface area contributed by atoms with Crippen LogP contribution in [0, 0.1) is 5.92 Å². The van der Waals surface area contributed by atoms with Crippen LogP contribution in [0.3, 0.4) is 0 Å². The summed E-state index contributed by atoms with van der Waals surface area (Å²) in [6, 6.07) is 16.5. The number of carbonyl (C=O) groups is 1. The fourth-order valence-corrected chi connectivity index (χ4v) is 3.76. The third-order valence-corrected chi connectivity index (χ3v) is 5.41. The first-order valence-corrected chi connectivity index (χ1v) is 9.89. The van der Waals surface area contributed by atoms with Crippen LogP contribution >= 0.6 is 0 Å². The van der Waals surface area contributed by atoms with E-state index in [2.05, 4.69) is 40.2 Å². The Morgan fingerprint density at radius 3 is 2.55 bits per heavy atom. The van der Waals surface area contributed by atoms with Crippen LogP contribution in [0.2, 0.25) is 0 Å². The molecule has 29 heavy (non-hydrogen) atoms. The second-order valence-electron chi connectivity index (χ2n) is 8.64. The van der Waals surface area contributed by atoms with Gasteiger partial charge in [-0.2, -0.15) is 0 Å². The highest BCUT2D eigenvalue weighted by Crippen LogP contribution is 2.28.